The fraction of sp³-hybridized carbons (Fsp3) is 0.556. The molecule has 0 unspecified atom stereocenters. The van der Waals surface area contributed by atoms with Gasteiger partial charge >= 0.3 is 18.7 Å². The number of halogens is 5. The topological polar surface area (TPSA) is 124 Å². The highest BCUT2D eigenvalue weighted by molar-refractivity contribution is 6.37. The van der Waals surface area contributed by atoms with E-state index < -0.39 is 47.8 Å². The number of carbonyl (C=O) groups is 1. The van der Waals surface area contributed by atoms with Crippen molar-refractivity contribution >= 4 is 51.4 Å². The number of amides is 1. The number of para-hydroxylation sites is 1. The Hall–Kier alpha value is -4.31. The molecule has 17 heteroatoms. The lowest BCUT2D eigenvalue weighted by atomic mass is 9.95. The molecule has 5 aliphatic rings. The molecule has 0 radical (unpaired) electrons. The van der Waals surface area contributed by atoms with E-state index >= 15 is 4.39 Å². The van der Waals surface area contributed by atoms with Crippen LogP contribution < -0.4 is 20.1 Å². The summed E-state index contributed by atoms with van der Waals surface area (Å²) in [5, 5.41) is 0.0201. The van der Waals surface area contributed by atoms with E-state index in [1.165, 1.54) is 12.1 Å². The first kappa shape index (κ1) is 34.5. The van der Waals surface area contributed by atoms with Crippen LogP contribution in [0.4, 0.5) is 34.1 Å². The number of alkyl halides is 3. The van der Waals surface area contributed by atoms with Crippen molar-refractivity contribution < 1.29 is 36.6 Å². The number of benzene rings is 2. The monoisotopic (exact) mass is 758 g/mol. The third-order valence-corrected chi connectivity index (χ3v) is 11.8. The van der Waals surface area contributed by atoms with Gasteiger partial charge in [0.05, 0.1) is 45.1 Å². The number of rotatable bonds is 5. The van der Waals surface area contributed by atoms with Gasteiger partial charge in [0.1, 0.15) is 36.3 Å². The highest BCUT2D eigenvalue weighted by atomic mass is 35.5. The molecule has 0 aliphatic carbocycles. The van der Waals surface area contributed by atoms with Crippen molar-refractivity contribution in [2.45, 2.75) is 94.9 Å². The van der Waals surface area contributed by atoms with Crippen LogP contribution in [0, 0.1) is 5.82 Å². The van der Waals surface area contributed by atoms with Gasteiger partial charge in [-0.2, -0.15) is 18.7 Å². The van der Waals surface area contributed by atoms with Crippen LogP contribution >= 0.6 is 11.6 Å². The number of piperazine rings is 1. The Kier molecular flexibility index (Phi) is 7.87. The molecular weight excluding hydrogens is 720 g/mol. The minimum atomic E-state index is -3.08. The van der Waals surface area contributed by atoms with Crippen LogP contribution in [-0.2, 0) is 4.74 Å². The Balaban J connectivity index is 1.21. The van der Waals surface area contributed by atoms with E-state index in [1.54, 1.807) is 11.0 Å². The number of carbonyl (C=O) groups excluding carboxylic acids is 1. The summed E-state index contributed by atoms with van der Waals surface area (Å²) in [6.45, 7) is 3.90. The van der Waals surface area contributed by atoms with Gasteiger partial charge in [0.15, 0.2) is 11.6 Å². The number of anilines is 2. The summed E-state index contributed by atoms with van der Waals surface area (Å²) in [5.74, 6) is -0.971. The van der Waals surface area contributed by atoms with Gasteiger partial charge in [-0.1, -0.05) is 23.7 Å². The van der Waals surface area contributed by atoms with Gasteiger partial charge in [-0.05, 0) is 59.1 Å². The van der Waals surface area contributed by atoms with Crippen LogP contribution in [0.2, 0.25) is 5.02 Å². The van der Waals surface area contributed by atoms with Gasteiger partial charge in [-0.3, -0.25) is 14.4 Å². The van der Waals surface area contributed by atoms with Crippen LogP contribution in [0.1, 0.15) is 59.4 Å². The Morgan fingerprint density at radius 2 is 1.98 bits per heavy atom. The van der Waals surface area contributed by atoms with E-state index in [4.69, 9.17) is 36.5 Å². The summed E-state index contributed by atoms with van der Waals surface area (Å²) in [4.78, 5) is 33.0. The Labute approximate surface area is 307 Å². The zero-order valence-corrected chi connectivity index (χ0v) is 30.2. The van der Waals surface area contributed by atoms with Crippen molar-refractivity contribution in [1.82, 2.24) is 29.3 Å². The van der Waals surface area contributed by atoms with Crippen molar-refractivity contribution in [2.75, 3.05) is 43.5 Å². The SMILES string of the molecule is CC(C)(C)OC(=O)N1[C@@H]2CC[C@H]1[C@H]1COc3c(Cl)c(-c4cccc5nc(N)n(C(F)F)c45)c(F)c4nc(OC[C@@]56CCCN5C[C@H](F)C6)nc(c34)N1C2. The molecule has 7 heterocycles. The van der Waals surface area contributed by atoms with Gasteiger partial charge in [0, 0.05) is 30.6 Å². The Morgan fingerprint density at radius 1 is 1.17 bits per heavy atom. The van der Waals surface area contributed by atoms with Crippen molar-refractivity contribution in [3.63, 3.8) is 0 Å². The third-order valence-electron chi connectivity index (χ3n) is 11.4. The Morgan fingerprint density at radius 3 is 2.75 bits per heavy atom. The van der Waals surface area contributed by atoms with Crippen LogP contribution in [0.3, 0.4) is 0 Å². The normalized spacial score (nSPS) is 26.7. The van der Waals surface area contributed by atoms with Crippen LogP contribution in [0.25, 0.3) is 33.1 Å². The smallest absolute Gasteiger partial charge is 0.410 e. The molecule has 4 aromatic rings. The van der Waals surface area contributed by atoms with E-state index in [1.807, 2.05) is 25.7 Å². The number of ether oxygens (including phenoxy) is 3. The third kappa shape index (κ3) is 5.33. The fourth-order valence-corrected chi connectivity index (χ4v) is 9.68. The zero-order valence-electron chi connectivity index (χ0n) is 29.4. The molecule has 0 saturated carbocycles. The van der Waals surface area contributed by atoms with Gasteiger partial charge in [-0.15, -0.1) is 0 Å². The summed E-state index contributed by atoms with van der Waals surface area (Å²) < 4.78 is 79.9. The van der Waals surface area contributed by atoms with Crippen molar-refractivity contribution in [3.8, 4) is 22.9 Å². The molecule has 1 amide bonds. The number of hydrogen-bond acceptors (Lipinski definition) is 10. The summed E-state index contributed by atoms with van der Waals surface area (Å²) in [7, 11) is 0. The second-order valence-electron chi connectivity index (χ2n) is 15.8. The Bertz CT molecular complexity index is 2170. The zero-order chi connectivity index (χ0) is 37.1. The number of nitrogens with zero attached hydrogens (tertiary/aromatic N) is 7. The molecule has 0 spiro atoms. The second-order valence-corrected chi connectivity index (χ2v) is 16.1. The maximum atomic E-state index is 17.4. The van der Waals surface area contributed by atoms with Crippen molar-refractivity contribution in [2.24, 2.45) is 0 Å². The highest BCUT2D eigenvalue weighted by Gasteiger charge is 2.53. The lowest BCUT2D eigenvalue weighted by molar-refractivity contribution is 0.00544. The maximum Gasteiger partial charge on any atom is 0.410 e. The average molecular weight is 759 g/mol. The molecular formula is C36H39ClF4N8O4. The van der Waals surface area contributed by atoms with E-state index in [0.717, 1.165) is 19.4 Å². The predicted molar refractivity (Wildman–Crippen MR) is 189 cm³/mol. The minimum Gasteiger partial charge on any atom is -0.489 e. The quantitative estimate of drug-likeness (QED) is 0.220. The molecule has 9 rings (SSSR count). The number of imidazole rings is 1. The van der Waals surface area contributed by atoms with E-state index in [-0.39, 0.29) is 75.1 Å². The molecule has 53 heavy (non-hydrogen) atoms. The lowest BCUT2D eigenvalue weighted by Gasteiger charge is -2.46. The summed E-state index contributed by atoms with van der Waals surface area (Å²) in [6, 6.07) is 3.37. The number of nitrogens with two attached hydrogens (primary N) is 1. The first-order valence-electron chi connectivity index (χ1n) is 17.9. The second kappa shape index (κ2) is 12.1. The van der Waals surface area contributed by atoms with E-state index in [2.05, 4.69) is 14.9 Å². The first-order chi connectivity index (χ1) is 25.2. The van der Waals surface area contributed by atoms with Gasteiger partial charge in [0.2, 0.25) is 5.95 Å². The van der Waals surface area contributed by atoms with Gasteiger partial charge in [-0.25, -0.2) is 18.6 Å². The minimum absolute atomic E-state index is 0.0106. The molecule has 2 aromatic heterocycles. The number of fused-ring (bicyclic) bond motifs is 7. The first-order valence-corrected chi connectivity index (χ1v) is 18.3. The van der Waals surface area contributed by atoms with E-state index in [9.17, 15) is 18.0 Å². The molecule has 2 aromatic carbocycles. The van der Waals surface area contributed by atoms with Crippen LogP contribution in [0.5, 0.6) is 11.8 Å². The largest absolute Gasteiger partial charge is 0.489 e. The predicted octanol–water partition coefficient (Wildman–Crippen LogP) is 6.72. The molecule has 12 nitrogen and oxygen atoms in total. The van der Waals surface area contributed by atoms with Crippen molar-refractivity contribution in [1.29, 1.82) is 0 Å². The van der Waals surface area contributed by atoms with Gasteiger partial charge in [0.25, 0.3) is 0 Å². The standard InChI is InChI=1S/C36H39ClF4N8O4/c1-35(2,3)53-34(50)48-18-8-9-21(48)22-15-51-29-24-27(26(39)23(25(29)37)19-6-4-7-20-28(19)49(31(40)41)32(42)43-20)44-33(45-30(24)47(22)14-18)52-16-36-10-5-11-46(36)13-17(38)12-36/h4,6-7,17-18,21-22,31H,5,8-16H2,1-3H3,(H2,42,43)/t17-,18-,21+,22-,36+/m1/s1. The molecule has 2 bridgehead atoms. The number of aromatic nitrogens is 4. The molecule has 4 fully saturated rings. The number of hydrogen-bond donors (Lipinski definition) is 1. The van der Waals surface area contributed by atoms with Gasteiger partial charge < -0.3 is 24.8 Å². The van der Waals surface area contributed by atoms with E-state index in [0.29, 0.717) is 42.7 Å². The molecule has 282 valence electrons. The maximum absolute atomic E-state index is 17.4. The molecule has 2 N–H and O–H groups in total. The van der Waals surface area contributed by atoms with Crippen LogP contribution in [0.15, 0.2) is 18.2 Å². The van der Waals surface area contributed by atoms with Crippen molar-refractivity contribution in [3.05, 3.63) is 29.0 Å². The summed E-state index contributed by atoms with van der Waals surface area (Å²) in [5.41, 5.74) is 4.25. The van der Waals surface area contributed by atoms with Crippen LogP contribution in [-0.4, -0.2) is 104 Å². The molecule has 5 atom stereocenters. The number of nitrogen functional groups attached to an aromatic ring is 1. The highest BCUT2D eigenvalue weighted by Crippen LogP contribution is 2.51. The summed E-state index contributed by atoms with van der Waals surface area (Å²) >= 11 is 7.09. The fourth-order valence-electron chi connectivity index (χ4n) is 9.34. The lowest BCUT2D eigenvalue weighted by Crippen LogP contribution is -2.63. The molecule has 4 saturated heterocycles. The molecule has 5 aliphatic heterocycles. The average Bonchev–Trinajstić information content (AvgIpc) is 3.79. The summed E-state index contributed by atoms with van der Waals surface area (Å²) in [6.07, 6.45) is 1.91.